The van der Waals surface area contributed by atoms with Crippen molar-refractivity contribution in [3.05, 3.63) is 24.5 Å². The summed E-state index contributed by atoms with van der Waals surface area (Å²) in [6.07, 6.45) is 7.12. The van der Waals surface area contributed by atoms with Gasteiger partial charge in [-0.15, -0.1) is 0 Å². The molecule has 1 aliphatic carbocycles. The lowest BCUT2D eigenvalue weighted by Gasteiger charge is -1.97. The molecule has 0 unspecified atom stereocenters. The number of anilines is 1. The number of nitrogens with zero attached hydrogens (tertiary/aromatic N) is 1. The molecule has 1 N–H and O–H groups in total. The minimum Gasteiger partial charge on any atom is -1.00 e. The van der Waals surface area contributed by atoms with E-state index in [1.165, 1.54) is 25.1 Å². The average molecular weight is 199 g/mol. The monoisotopic (exact) mass is 198 g/mol. The van der Waals surface area contributed by atoms with Gasteiger partial charge in [0.15, 0.2) is 18.9 Å². The first-order valence-corrected chi connectivity index (χ1v) is 4.55. The Labute approximate surface area is 85.4 Å². The SMILES string of the molecule is CNc1cc[n+](CC2CC2)cc1.[Cl-]. The summed E-state index contributed by atoms with van der Waals surface area (Å²) in [4.78, 5) is 0. The van der Waals surface area contributed by atoms with Crippen molar-refractivity contribution in [3.63, 3.8) is 0 Å². The first-order chi connectivity index (χ1) is 5.88. The summed E-state index contributed by atoms with van der Waals surface area (Å²) >= 11 is 0. The molecule has 0 aromatic carbocycles. The van der Waals surface area contributed by atoms with Gasteiger partial charge >= 0.3 is 0 Å². The van der Waals surface area contributed by atoms with E-state index in [1.54, 1.807) is 0 Å². The zero-order chi connectivity index (χ0) is 8.39. The van der Waals surface area contributed by atoms with Gasteiger partial charge in [0.25, 0.3) is 0 Å². The van der Waals surface area contributed by atoms with Gasteiger partial charge in [-0.25, -0.2) is 4.57 Å². The molecule has 0 spiro atoms. The van der Waals surface area contributed by atoms with E-state index >= 15 is 0 Å². The Morgan fingerprint density at radius 2 is 2.00 bits per heavy atom. The number of rotatable bonds is 3. The molecule has 72 valence electrons. The standard InChI is InChI=1S/C10H14N2.ClH/c1-11-10-4-6-12(7-5-10)8-9-2-3-9;/h4-7,9H,2-3,8H2,1H3;1H. The van der Waals surface area contributed by atoms with E-state index in [0.29, 0.717) is 0 Å². The highest BCUT2D eigenvalue weighted by Crippen LogP contribution is 2.28. The molecule has 13 heavy (non-hydrogen) atoms. The fourth-order valence-electron chi connectivity index (χ4n) is 1.34. The number of pyridine rings is 1. The molecular weight excluding hydrogens is 184 g/mol. The first kappa shape index (κ1) is 10.3. The largest absolute Gasteiger partial charge is 1.00 e. The van der Waals surface area contributed by atoms with Gasteiger partial charge in [-0.2, -0.15) is 0 Å². The van der Waals surface area contributed by atoms with Gasteiger partial charge in [-0.3, -0.25) is 0 Å². The van der Waals surface area contributed by atoms with Crippen LogP contribution in [0.25, 0.3) is 0 Å². The highest BCUT2D eigenvalue weighted by Gasteiger charge is 2.25. The van der Waals surface area contributed by atoms with Gasteiger partial charge in [0, 0.05) is 30.8 Å². The maximum absolute atomic E-state index is 3.11. The molecule has 0 bridgehead atoms. The zero-order valence-corrected chi connectivity index (χ0v) is 8.59. The third-order valence-corrected chi connectivity index (χ3v) is 2.35. The van der Waals surface area contributed by atoms with E-state index in [2.05, 4.69) is 34.4 Å². The molecule has 0 saturated heterocycles. The molecule has 2 rings (SSSR count). The molecule has 1 aliphatic rings. The predicted octanol–water partition coefficient (Wildman–Crippen LogP) is -1.57. The fourth-order valence-corrected chi connectivity index (χ4v) is 1.34. The second kappa shape index (κ2) is 4.47. The lowest BCUT2D eigenvalue weighted by atomic mass is 10.3. The summed E-state index contributed by atoms with van der Waals surface area (Å²) in [6.45, 7) is 1.20. The number of halogens is 1. The van der Waals surface area contributed by atoms with Crippen molar-refractivity contribution in [3.8, 4) is 0 Å². The summed E-state index contributed by atoms with van der Waals surface area (Å²) in [6, 6.07) is 4.23. The molecule has 0 amide bonds. The van der Waals surface area contributed by atoms with E-state index in [9.17, 15) is 0 Å². The van der Waals surface area contributed by atoms with Crippen LogP contribution in [0, 0.1) is 5.92 Å². The number of aromatic nitrogens is 1. The van der Waals surface area contributed by atoms with Crippen molar-refractivity contribution >= 4 is 5.69 Å². The van der Waals surface area contributed by atoms with Crippen LogP contribution in [-0.2, 0) is 6.54 Å². The third-order valence-electron chi connectivity index (χ3n) is 2.35. The maximum atomic E-state index is 3.11. The Hall–Kier alpha value is -0.760. The lowest BCUT2D eigenvalue weighted by Crippen LogP contribution is -3.00. The molecule has 3 heteroatoms. The van der Waals surface area contributed by atoms with Crippen molar-refractivity contribution in [1.29, 1.82) is 0 Å². The summed E-state index contributed by atoms with van der Waals surface area (Å²) in [5.74, 6) is 0.954. The van der Waals surface area contributed by atoms with Gasteiger partial charge in [0.1, 0.15) is 0 Å². The Balaban J connectivity index is 0.000000845. The zero-order valence-electron chi connectivity index (χ0n) is 7.83. The predicted molar refractivity (Wildman–Crippen MR) is 48.9 cm³/mol. The Morgan fingerprint density at radius 1 is 1.38 bits per heavy atom. The summed E-state index contributed by atoms with van der Waals surface area (Å²) in [5, 5.41) is 3.11. The van der Waals surface area contributed by atoms with Gasteiger partial charge in [-0.05, 0) is 12.8 Å². The third kappa shape index (κ3) is 2.88. The molecule has 0 radical (unpaired) electrons. The van der Waals surface area contributed by atoms with Crippen molar-refractivity contribution in [2.45, 2.75) is 19.4 Å². The van der Waals surface area contributed by atoms with Gasteiger partial charge in [0.05, 0.1) is 0 Å². The van der Waals surface area contributed by atoms with Crippen molar-refractivity contribution in [1.82, 2.24) is 0 Å². The Morgan fingerprint density at radius 3 is 2.46 bits per heavy atom. The van der Waals surface area contributed by atoms with Gasteiger partial charge in [0.2, 0.25) is 0 Å². The van der Waals surface area contributed by atoms with Crippen molar-refractivity contribution < 1.29 is 17.0 Å². The molecular formula is C10H15ClN2. The molecule has 0 aliphatic heterocycles. The van der Waals surface area contributed by atoms with Crippen LogP contribution < -0.4 is 22.3 Å². The van der Waals surface area contributed by atoms with E-state index in [0.717, 1.165) is 5.92 Å². The fraction of sp³-hybridized carbons (Fsp3) is 0.500. The van der Waals surface area contributed by atoms with E-state index in [1.807, 2.05) is 7.05 Å². The summed E-state index contributed by atoms with van der Waals surface area (Å²) < 4.78 is 2.26. The van der Waals surface area contributed by atoms with Crippen LogP contribution >= 0.6 is 0 Å². The number of hydrogen-bond acceptors (Lipinski definition) is 1. The minimum absolute atomic E-state index is 0. The van der Waals surface area contributed by atoms with E-state index in [-0.39, 0.29) is 12.4 Å². The van der Waals surface area contributed by atoms with E-state index < -0.39 is 0 Å². The lowest BCUT2D eigenvalue weighted by molar-refractivity contribution is -0.700. The Kier molecular flexibility index (Phi) is 3.55. The van der Waals surface area contributed by atoms with Crippen LogP contribution in [0.15, 0.2) is 24.5 Å². The second-order valence-electron chi connectivity index (χ2n) is 3.48. The van der Waals surface area contributed by atoms with E-state index in [4.69, 9.17) is 0 Å². The van der Waals surface area contributed by atoms with Crippen LogP contribution in [0.5, 0.6) is 0 Å². The van der Waals surface area contributed by atoms with Gasteiger partial charge < -0.3 is 17.7 Å². The first-order valence-electron chi connectivity index (χ1n) is 4.55. The molecule has 1 fully saturated rings. The Bertz CT molecular complexity index is 254. The highest BCUT2D eigenvalue weighted by atomic mass is 35.5. The van der Waals surface area contributed by atoms with Gasteiger partial charge in [-0.1, -0.05) is 0 Å². The molecule has 0 atom stereocenters. The summed E-state index contributed by atoms with van der Waals surface area (Å²) in [5.41, 5.74) is 1.18. The maximum Gasteiger partial charge on any atom is 0.170 e. The minimum atomic E-state index is 0. The van der Waals surface area contributed by atoms with Crippen LogP contribution in [0.2, 0.25) is 0 Å². The van der Waals surface area contributed by atoms with Crippen molar-refractivity contribution in [2.75, 3.05) is 12.4 Å². The summed E-state index contributed by atoms with van der Waals surface area (Å²) in [7, 11) is 1.95. The quantitative estimate of drug-likeness (QED) is 0.581. The van der Waals surface area contributed by atoms with Crippen LogP contribution in [0.1, 0.15) is 12.8 Å². The topological polar surface area (TPSA) is 15.9 Å². The molecule has 2 nitrogen and oxygen atoms in total. The van der Waals surface area contributed by atoms with Crippen LogP contribution in [0.4, 0.5) is 5.69 Å². The van der Waals surface area contributed by atoms with Crippen LogP contribution in [-0.4, -0.2) is 7.05 Å². The van der Waals surface area contributed by atoms with Crippen LogP contribution in [0.3, 0.4) is 0 Å². The normalized spacial score (nSPS) is 14.8. The number of nitrogens with one attached hydrogen (secondary N) is 1. The van der Waals surface area contributed by atoms with Crippen molar-refractivity contribution in [2.24, 2.45) is 5.92 Å². The molecule has 1 saturated carbocycles. The highest BCUT2D eigenvalue weighted by molar-refractivity contribution is 5.38. The molecule has 1 aromatic heterocycles. The second-order valence-corrected chi connectivity index (χ2v) is 3.48. The molecule has 1 heterocycles. The average Bonchev–Trinajstić information content (AvgIpc) is 2.90. The molecule has 1 aromatic rings. The number of hydrogen-bond donors (Lipinski definition) is 1. The smallest absolute Gasteiger partial charge is 0.170 e.